The molecule has 2 aromatic carbocycles. The van der Waals surface area contributed by atoms with Crippen molar-refractivity contribution >= 4 is 11.8 Å². The number of ether oxygens (including phenoxy) is 1. The first kappa shape index (κ1) is 18.5. The Bertz CT molecular complexity index is 854. The van der Waals surface area contributed by atoms with E-state index in [1.54, 1.807) is 0 Å². The molecule has 0 aliphatic heterocycles. The monoisotopic (exact) mass is 378 g/mol. The second kappa shape index (κ2) is 8.05. The molecule has 0 saturated heterocycles. The third-order valence-corrected chi connectivity index (χ3v) is 5.14. The van der Waals surface area contributed by atoms with Gasteiger partial charge in [-0.25, -0.2) is 0 Å². The molecule has 2 fully saturated rings. The Labute approximate surface area is 165 Å². The molecule has 2 aromatic rings. The van der Waals surface area contributed by atoms with Crippen molar-refractivity contribution in [1.29, 1.82) is 0 Å². The summed E-state index contributed by atoms with van der Waals surface area (Å²) in [5.41, 5.74) is 2.80. The van der Waals surface area contributed by atoms with E-state index < -0.39 is 0 Å². The van der Waals surface area contributed by atoms with Gasteiger partial charge in [0.05, 0.1) is 0 Å². The number of hydrogen-bond donors (Lipinski definition) is 1. The number of carbonyl (C=O) groups excluding carboxylic acids is 2. The van der Waals surface area contributed by atoms with E-state index in [2.05, 4.69) is 5.32 Å². The number of amides is 2. The lowest BCUT2D eigenvalue weighted by Crippen LogP contribution is -2.36. The van der Waals surface area contributed by atoms with Crippen LogP contribution in [0.5, 0.6) is 5.75 Å². The molecule has 1 N–H and O–H groups in total. The van der Waals surface area contributed by atoms with Gasteiger partial charge in [-0.1, -0.05) is 24.3 Å². The van der Waals surface area contributed by atoms with Crippen LogP contribution in [0.1, 0.15) is 47.2 Å². The summed E-state index contributed by atoms with van der Waals surface area (Å²) < 4.78 is 5.69. The van der Waals surface area contributed by atoms with Gasteiger partial charge in [-0.05, 0) is 68.0 Å². The second-order valence-corrected chi connectivity index (χ2v) is 7.80. The normalized spacial score (nSPS) is 15.8. The highest BCUT2D eigenvalue weighted by Gasteiger charge is 2.32. The highest BCUT2D eigenvalue weighted by molar-refractivity contribution is 5.94. The molecule has 4 rings (SSSR count). The van der Waals surface area contributed by atoms with Gasteiger partial charge in [0.15, 0.2) is 6.61 Å². The van der Waals surface area contributed by atoms with Gasteiger partial charge in [0.25, 0.3) is 11.8 Å². The van der Waals surface area contributed by atoms with Crippen molar-refractivity contribution in [3.05, 3.63) is 65.2 Å². The minimum Gasteiger partial charge on any atom is -0.484 e. The average molecular weight is 378 g/mol. The summed E-state index contributed by atoms with van der Waals surface area (Å²) in [5.74, 6) is 0.699. The second-order valence-electron chi connectivity index (χ2n) is 7.80. The molecule has 0 atom stereocenters. The van der Waals surface area contributed by atoms with Crippen molar-refractivity contribution in [3.63, 3.8) is 0 Å². The molecule has 0 unspecified atom stereocenters. The molecule has 5 heteroatoms. The van der Waals surface area contributed by atoms with E-state index in [9.17, 15) is 9.59 Å². The van der Waals surface area contributed by atoms with E-state index in [0.29, 0.717) is 24.2 Å². The maximum absolute atomic E-state index is 12.7. The number of hydrogen-bond acceptors (Lipinski definition) is 3. The molecule has 2 aliphatic rings. The van der Waals surface area contributed by atoms with Crippen LogP contribution in [0.15, 0.2) is 48.5 Å². The number of nitrogens with zero attached hydrogens (tertiary/aromatic N) is 1. The highest BCUT2D eigenvalue weighted by atomic mass is 16.5. The topological polar surface area (TPSA) is 58.6 Å². The van der Waals surface area contributed by atoms with Crippen LogP contribution < -0.4 is 10.1 Å². The van der Waals surface area contributed by atoms with Crippen molar-refractivity contribution < 1.29 is 14.3 Å². The van der Waals surface area contributed by atoms with Crippen LogP contribution >= 0.6 is 0 Å². The third kappa shape index (κ3) is 4.91. The van der Waals surface area contributed by atoms with Gasteiger partial charge >= 0.3 is 0 Å². The van der Waals surface area contributed by atoms with Crippen LogP contribution in [0, 0.1) is 6.92 Å². The fourth-order valence-electron chi connectivity index (χ4n) is 3.19. The smallest absolute Gasteiger partial charge is 0.261 e. The van der Waals surface area contributed by atoms with Crippen LogP contribution in [0.2, 0.25) is 0 Å². The Balaban J connectivity index is 1.35. The maximum atomic E-state index is 12.7. The minimum atomic E-state index is -0.0178. The molecule has 0 aromatic heterocycles. The van der Waals surface area contributed by atoms with E-state index >= 15 is 0 Å². The molecule has 0 heterocycles. The van der Waals surface area contributed by atoms with E-state index in [1.165, 1.54) is 0 Å². The summed E-state index contributed by atoms with van der Waals surface area (Å²) in [4.78, 5) is 26.7. The van der Waals surface area contributed by atoms with E-state index in [4.69, 9.17) is 4.74 Å². The summed E-state index contributed by atoms with van der Waals surface area (Å²) in [7, 11) is 0. The zero-order valence-electron chi connectivity index (χ0n) is 16.2. The molecule has 146 valence electrons. The summed E-state index contributed by atoms with van der Waals surface area (Å²) in [6, 6.07) is 15.9. The zero-order valence-corrected chi connectivity index (χ0v) is 16.2. The van der Waals surface area contributed by atoms with Gasteiger partial charge in [0.2, 0.25) is 0 Å². The number of aryl methyl sites for hydroxylation is 1. The predicted molar refractivity (Wildman–Crippen MR) is 107 cm³/mol. The molecule has 5 nitrogen and oxygen atoms in total. The van der Waals surface area contributed by atoms with Crippen LogP contribution in [-0.4, -0.2) is 35.4 Å². The number of rotatable bonds is 8. The quantitative estimate of drug-likeness (QED) is 0.765. The van der Waals surface area contributed by atoms with Gasteiger partial charge in [0.1, 0.15) is 5.75 Å². The Morgan fingerprint density at radius 2 is 1.82 bits per heavy atom. The lowest BCUT2D eigenvalue weighted by molar-refractivity contribution is -0.134. The van der Waals surface area contributed by atoms with Crippen LogP contribution in [-0.2, 0) is 11.3 Å². The van der Waals surface area contributed by atoms with E-state index in [0.717, 1.165) is 42.6 Å². The Kier molecular flexibility index (Phi) is 5.33. The molecule has 0 radical (unpaired) electrons. The summed E-state index contributed by atoms with van der Waals surface area (Å²) in [6.07, 6.45) is 4.23. The first-order chi connectivity index (χ1) is 13.6. The summed E-state index contributed by atoms with van der Waals surface area (Å²) in [5, 5.41) is 2.99. The standard InChI is InChI=1S/C23H26N2O3/c1-16-3-2-4-21(13-16)28-15-22(26)25(20-11-12-20)14-17-5-7-18(8-6-17)23(27)24-19-9-10-19/h2-8,13,19-20H,9-12,14-15H2,1H3,(H,24,27). The molecule has 28 heavy (non-hydrogen) atoms. The third-order valence-electron chi connectivity index (χ3n) is 5.14. The van der Waals surface area contributed by atoms with Crippen molar-refractivity contribution in [2.75, 3.05) is 6.61 Å². The number of nitrogens with one attached hydrogen (secondary N) is 1. The Morgan fingerprint density at radius 1 is 1.07 bits per heavy atom. The van der Waals surface area contributed by atoms with Gasteiger partial charge < -0.3 is 15.0 Å². The molecule has 2 amide bonds. The predicted octanol–water partition coefficient (Wildman–Crippen LogP) is 3.46. The fourth-order valence-corrected chi connectivity index (χ4v) is 3.19. The van der Waals surface area contributed by atoms with Crippen molar-refractivity contribution in [3.8, 4) is 5.75 Å². The minimum absolute atomic E-state index is 0.000408. The molecular formula is C23H26N2O3. The number of carbonyl (C=O) groups is 2. The summed E-state index contributed by atoms with van der Waals surface area (Å²) >= 11 is 0. The van der Waals surface area contributed by atoms with Crippen LogP contribution in [0.4, 0.5) is 0 Å². The van der Waals surface area contributed by atoms with Gasteiger partial charge in [0, 0.05) is 24.2 Å². The molecule has 2 saturated carbocycles. The largest absolute Gasteiger partial charge is 0.484 e. The van der Waals surface area contributed by atoms with Gasteiger partial charge in [-0.3, -0.25) is 9.59 Å². The Hall–Kier alpha value is -2.82. The zero-order chi connectivity index (χ0) is 19.5. The average Bonchev–Trinajstić information content (AvgIpc) is 3.59. The first-order valence-electron chi connectivity index (χ1n) is 9.97. The van der Waals surface area contributed by atoms with Gasteiger partial charge in [-0.15, -0.1) is 0 Å². The van der Waals surface area contributed by atoms with Crippen molar-refractivity contribution in [2.45, 2.75) is 51.2 Å². The number of benzene rings is 2. The highest BCUT2D eigenvalue weighted by Crippen LogP contribution is 2.29. The first-order valence-corrected chi connectivity index (χ1v) is 9.97. The SMILES string of the molecule is Cc1cccc(OCC(=O)N(Cc2ccc(C(=O)NC3CC3)cc2)C2CC2)c1. The lowest BCUT2D eigenvalue weighted by atomic mass is 10.1. The molecular weight excluding hydrogens is 352 g/mol. The molecule has 0 spiro atoms. The fraction of sp³-hybridized carbons (Fsp3) is 0.391. The van der Waals surface area contributed by atoms with Crippen molar-refractivity contribution in [2.24, 2.45) is 0 Å². The lowest BCUT2D eigenvalue weighted by Gasteiger charge is -2.23. The molecule has 2 aliphatic carbocycles. The van der Waals surface area contributed by atoms with Gasteiger partial charge in [-0.2, -0.15) is 0 Å². The van der Waals surface area contributed by atoms with E-state index in [-0.39, 0.29) is 18.4 Å². The van der Waals surface area contributed by atoms with Crippen LogP contribution in [0.3, 0.4) is 0 Å². The van der Waals surface area contributed by atoms with Crippen molar-refractivity contribution in [1.82, 2.24) is 10.2 Å². The summed E-state index contributed by atoms with van der Waals surface area (Å²) in [6.45, 7) is 2.59. The maximum Gasteiger partial charge on any atom is 0.261 e. The molecule has 0 bridgehead atoms. The van der Waals surface area contributed by atoms with E-state index in [1.807, 2.05) is 60.4 Å². The Morgan fingerprint density at radius 3 is 2.46 bits per heavy atom. The van der Waals surface area contributed by atoms with Crippen LogP contribution in [0.25, 0.3) is 0 Å².